The van der Waals surface area contributed by atoms with Crippen LogP contribution in [0.2, 0.25) is 5.02 Å². The number of benzene rings is 2. The molecule has 2 N–H and O–H groups in total. The highest BCUT2D eigenvalue weighted by molar-refractivity contribution is 6.31. The van der Waals surface area contributed by atoms with Crippen LogP contribution < -0.4 is 5.32 Å². The smallest absolute Gasteiger partial charge is 0.141 e. The summed E-state index contributed by atoms with van der Waals surface area (Å²) in [6.45, 7) is 0. The van der Waals surface area contributed by atoms with Crippen molar-refractivity contribution in [2.24, 2.45) is 0 Å². The lowest BCUT2D eigenvalue weighted by Crippen LogP contribution is -1.97. The first-order chi connectivity index (χ1) is 13.7. The number of halogens is 2. The molecule has 28 heavy (non-hydrogen) atoms. The first kappa shape index (κ1) is 16.6. The van der Waals surface area contributed by atoms with Gasteiger partial charge in [-0.15, -0.1) is 0 Å². The van der Waals surface area contributed by atoms with Crippen molar-refractivity contribution in [1.82, 2.24) is 19.9 Å². The van der Waals surface area contributed by atoms with Crippen molar-refractivity contribution in [2.75, 3.05) is 5.32 Å². The molecule has 0 fully saturated rings. The lowest BCUT2D eigenvalue weighted by Gasteiger charge is -2.10. The Morgan fingerprint density at radius 3 is 2.75 bits per heavy atom. The van der Waals surface area contributed by atoms with Gasteiger partial charge in [0, 0.05) is 34.4 Å². The van der Waals surface area contributed by atoms with E-state index in [2.05, 4.69) is 31.3 Å². The Labute approximate surface area is 164 Å². The summed E-state index contributed by atoms with van der Waals surface area (Å²) < 4.78 is 13.4. The third-order valence-corrected chi connectivity index (χ3v) is 4.84. The van der Waals surface area contributed by atoms with E-state index in [-0.39, 0.29) is 5.02 Å². The summed E-state index contributed by atoms with van der Waals surface area (Å²) in [6, 6.07) is 14.5. The van der Waals surface area contributed by atoms with Gasteiger partial charge < -0.3 is 10.3 Å². The van der Waals surface area contributed by atoms with E-state index in [1.807, 2.05) is 36.7 Å². The topological polar surface area (TPSA) is 66.5 Å². The molecule has 5 aromatic rings. The van der Waals surface area contributed by atoms with Gasteiger partial charge in [-0.25, -0.2) is 19.3 Å². The number of aromatic amines is 1. The molecule has 3 aromatic heterocycles. The van der Waals surface area contributed by atoms with E-state index in [4.69, 9.17) is 11.6 Å². The summed E-state index contributed by atoms with van der Waals surface area (Å²) in [5.41, 5.74) is 4.28. The van der Waals surface area contributed by atoms with Crippen LogP contribution in [-0.2, 0) is 0 Å². The van der Waals surface area contributed by atoms with Crippen LogP contribution in [-0.4, -0.2) is 19.9 Å². The molecule has 3 heterocycles. The van der Waals surface area contributed by atoms with E-state index in [0.717, 1.165) is 33.1 Å². The standard InChI is InChI=1S/C21H13ClFN5/c22-17-9-15(2-3-18(17)23)28-21-16-8-12(1-4-19(16)26-11-27-21)14-7-13-5-6-24-20(13)25-10-14/h1-11H,(H,24,25)(H,26,27,28). The molecule has 0 saturated heterocycles. The van der Waals surface area contributed by atoms with Crippen LogP contribution in [0.5, 0.6) is 0 Å². The number of hydrogen-bond donors (Lipinski definition) is 2. The number of hydrogen-bond acceptors (Lipinski definition) is 4. The summed E-state index contributed by atoms with van der Waals surface area (Å²) in [4.78, 5) is 16.2. The Kier molecular flexibility index (Phi) is 3.91. The fraction of sp³-hybridized carbons (Fsp3) is 0. The fourth-order valence-electron chi connectivity index (χ4n) is 3.14. The predicted octanol–water partition coefficient (Wildman–Crippen LogP) is 5.71. The second-order valence-corrected chi connectivity index (χ2v) is 6.75. The Bertz CT molecular complexity index is 1330. The van der Waals surface area contributed by atoms with Crippen LogP contribution in [0.1, 0.15) is 0 Å². The number of rotatable bonds is 3. The maximum atomic E-state index is 13.4. The largest absolute Gasteiger partial charge is 0.346 e. The van der Waals surface area contributed by atoms with Gasteiger partial charge in [0.25, 0.3) is 0 Å². The van der Waals surface area contributed by atoms with Crippen molar-refractivity contribution in [3.63, 3.8) is 0 Å². The second kappa shape index (κ2) is 6.58. The highest BCUT2D eigenvalue weighted by atomic mass is 35.5. The van der Waals surface area contributed by atoms with Crippen LogP contribution in [0.25, 0.3) is 33.1 Å². The average Bonchev–Trinajstić information content (AvgIpc) is 3.18. The van der Waals surface area contributed by atoms with Crippen LogP contribution in [0.3, 0.4) is 0 Å². The minimum absolute atomic E-state index is 0.0509. The van der Waals surface area contributed by atoms with Gasteiger partial charge >= 0.3 is 0 Å². The average molecular weight is 390 g/mol. The molecule has 136 valence electrons. The molecule has 0 bridgehead atoms. The van der Waals surface area contributed by atoms with Crippen molar-refractivity contribution in [1.29, 1.82) is 0 Å². The van der Waals surface area contributed by atoms with E-state index in [1.165, 1.54) is 18.5 Å². The van der Waals surface area contributed by atoms with Crippen LogP contribution in [0.15, 0.2) is 67.3 Å². The first-order valence-corrected chi connectivity index (χ1v) is 8.95. The lowest BCUT2D eigenvalue weighted by atomic mass is 10.0. The van der Waals surface area contributed by atoms with Crippen LogP contribution >= 0.6 is 11.6 Å². The van der Waals surface area contributed by atoms with Gasteiger partial charge in [0.15, 0.2) is 0 Å². The number of nitrogens with zero attached hydrogens (tertiary/aromatic N) is 3. The highest BCUT2D eigenvalue weighted by Crippen LogP contribution is 2.30. The van der Waals surface area contributed by atoms with Crippen molar-refractivity contribution in [3.05, 3.63) is 78.1 Å². The predicted molar refractivity (Wildman–Crippen MR) is 109 cm³/mol. The molecule has 0 spiro atoms. The van der Waals surface area contributed by atoms with E-state index in [0.29, 0.717) is 11.5 Å². The molecule has 7 heteroatoms. The number of H-pyrrole nitrogens is 1. The minimum atomic E-state index is -0.463. The number of nitrogens with one attached hydrogen (secondary N) is 2. The zero-order valence-corrected chi connectivity index (χ0v) is 15.2. The van der Waals surface area contributed by atoms with Gasteiger partial charge in [0.1, 0.15) is 23.6 Å². The molecule has 0 aliphatic heterocycles. The fourth-order valence-corrected chi connectivity index (χ4v) is 3.32. The molecule has 0 aliphatic rings. The Balaban J connectivity index is 1.59. The molecule has 0 atom stereocenters. The maximum absolute atomic E-state index is 13.4. The van der Waals surface area contributed by atoms with E-state index in [1.54, 1.807) is 6.07 Å². The SMILES string of the molecule is Fc1ccc(Nc2ncnc3ccc(-c4cnc5[nH]ccc5c4)cc23)cc1Cl. The molecule has 0 saturated carbocycles. The lowest BCUT2D eigenvalue weighted by molar-refractivity contribution is 0.628. The molecule has 0 unspecified atom stereocenters. The van der Waals surface area contributed by atoms with Gasteiger partial charge in [-0.3, -0.25) is 0 Å². The molecule has 2 aromatic carbocycles. The Morgan fingerprint density at radius 1 is 0.929 bits per heavy atom. The minimum Gasteiger partial charge on any atom is -0.346 e. The Morgan fingerprint density at radius 2 is 1.86 bits per heavy atom. The summed E-state index contributed by atoms with van der Waals surface area (Å²) in [5.74, 6) is 0.153. The number of aromatic nitrogens is 4. The first-order valence-electron chi connectivity index (χ1n) is 8.58. The third kappa shape index (κ3) is 2.93. The second-order valence-electron chi connectivity index (χ2n) is 6.35. The van der Waals surface area contributed by atoms with Crippen LogP contribution in [0, 0.1) is 5.82 Å². The maximum Gasteiger partial charge on any atom is 0.141 e. The van der Waals surface area contributed by atoms with Gasteiger partial charge in [-0.2, -0.15) is 0 Å². The molecule has 0 amide bonds. The Hall–Kier alpha value is -3.51. The number of fused-ring (bicyclic) bond motifs is 2. The van der Waals surface area contributed by atoms with Crippen molar-refractivity contribution in [2.45, 2.75) is 0 Å². The summed E-state index contributed by atoms with van der Waals surface area (Å²) in [6.07, 6.45) is 5.19. The zero-order chi connectivity index (χ0) is 19.1. The van der Waals surface area contributed by atoms with Crippen molar-refractivity contribution < 1.29 is 4.39 Å². The number of pyridine rings is 1. The number of anilines is 2. The van der Waals surface area contributed by atoms with E-state index >= 15 is 0 Å². The van der Waals surface area contributed by atoms with Gasteiger partial charge in [-0.05, 0) is 48.0 Å². The van der Waals surface area contributed by atoms with E-state index in [9.17, 15) is 4.39 Å². The van der Waals surface area contributed by atoms with E-state index < -0.39 is 5.82 Å². The van der Waals surface area contributed by atoms with Gasteiger partial charge in [0.2, 0.25) is 0 Å². The van der Waals surface area contributed by atoms with Crippen molar-refractivity contribution in [3.8, 4) is 11.1 Å². The summed E-state index contributed by atoms with van der Waals surface area (Å²) in [5, 5.41) is 5.13. The van der Waals surface area contributed by atoms with Gasteiger partial charge in [-0.1, -0.05) is 17.7 Å². The third-order valence-electron chi connectivity index (χ3n) is 4.55. The summed E-state index contributed by atoms with van der Waals surface area (Å²) >= 11 is 5.88. The molecular formula is C21H13ClFN5. The molecule has 0 radical (unpaired) electrons. The highest BCUT2D eigenvalue weighted by Gasteiger charge is 2.09. The monoisotopic (exact) mass is 389 g/mol. The quantitative estimate of drug-likeness (QED) is 0.415. The normalized spacial score (nSPS) is 11.2. The zero-order valence-electron chi connectivity index (χ0n) is 14.4. The summed E-state index contributed by atoms with van der Waals surface area (Å²) in [7, 11) is 0. The van der Waals surface area contributed by atoms with Crippen molar-refractivity contribution >= 4 is 45.0 Å². The van der Waals surface area contributed by atoms with Crippen LogP contribution in [0.4, 0.5) is 15.9 Å². The molecular weight excluding hydrogens is 377 g/mol. The molecule has 5 nitrogen and oxygen atoms in total. The van der Waals surface area contributed by atoms with Gasteiger partial charge in [0.05, 0.1) is 10.5 Å². The molecule has 0 aliphatic carbocycles. The molecule has 5 rings (SSSR count).